The normalized spacial score (nSPS) is 12.2. The first kappa shape index (κ1) is 14.0. The summed E-state index contributed by atoms with van der Waals surface area (Å²) < 4.78 is 6.82. The Hall–Kier alpha value is -1.39. The van der Waals surface area contributed by atoms with Gasteiger partial charge in [-0.15, -0.1) is 0 Å². The lowest BCUT2D eigenvalue weighted by Crippen LogP contribution is -2.08. The molecule has 0 aliphatic rings. The first-order valence-corrected chi connectivity index (χ1v) is 6.96. The van der Waals surface area contributed by atoms with E-state index < -0.39 is 0 Å². The quantitative estimate of drug-likeness (QED) is 0.933. The third-order valence-corrected chi connectivity index (χ3v) is 3.28. The van der Waals surface area contributed by atoms with E-state index in [-0.39, 0.29) is 6.04 Å². The van der Waals surface area contributed by atoms with Crippen molar-refractivity contribution in [1.29, 1.82) is 0 Å². The van der Waals surface area contributed by atoms with Gasteiger partial charge in [-0.05, 0) is 38.1 Å². The van der Waals surface area contributed by atoms with Crippen LogP contribution in [0.4, 0.5) is 0 Å². The number of rotatable bonds is 4. The van der Waals surface area contributed by atoms with Gasteiger partial charge in [0.2, 0.25) is 0 Å². The second-order valence-electron chi connectivity index (χ2n) is 4.53. The van der Waals surface area contributed by atoms with Crippen molar-refractivity contribution in [1.82, 2.24) is 4.98 Å². The Morgan fingerprint density at radius 2 is 2.11 bits per heavy atom. The van der Waals surface area contributed by atoms with Crippen molar-refractivity contribution in [3.8, 4) is 5.75 Å². The average molecular weight is 321 g/mol. The second-order valence-corrected chi connectivity index (χ2v) is 5.45. The molecule has 0 fully saturated rings. The summed E-state index contributed by atoms with van der Waals surface area (Å²) in [4.78, 5) is 4.42. The van der Waals surface area contributed by atoms with Gasteiger partial charge >= 0.3 is 0 Å². The molecule has 0 aliphatic carbocycles. The van der Waals surface area contributed by atoms with Crippen molar-refractivity contribution in [3.05, 3.63) is 57.8 Å². The van der Waals surface area contributed by atoms with E-state index in [0.29, 0.717) is 6.61 Å². The zero-order valence-corrected chi connectivity index (χ0v) is 12.6. The van der Waals surface area contributed by atoms with Crippen molar-refractivity contribution in [2.75, 3.05) is 0 Å². The van der Waals surface area contributed by atoms with Crippen LogP contribution in [0, 0.1) is 6.92 Å². The summed E-state index contributed by atoms with van der Waals surface area (Å²) >= 11 is 3.45. The number of aromatic nitrogens is 1. The molecule has 1 atom stereocenters. The molecule has 1 aromatic heterocycles. The number of hydrogen-bond donors (Lipinski definition) is 1. The van der Waals surface area contributed by atoms with Crippen LogP contribution in [0.5, 0.6) is 5.75 Å². The Balaban J connectivity index is 2.17. The Labute approximate surface area is 121 Å². The Morgan fingerprint density at radius 1 is 1.32 bits per heavy atom. The van der Waals surface area contributed by atoms with Crippen LogP contribution in [0.2, 0.25) is 0 Å². The number of benzene rings is 1. The molecule has 0 spiro atoms. The Morgan fingerprint density at radius 3 is 2.79 bits per heavy atom. The number of nitrogens with zero attached hydrogens (tertiary/aromatic N) is 1. The topological polar surface area (TPSA) is 48.1 Å². The average Bonchev–Trinajstić information content (AvgIpc) is 2.36. The number of nitrogens with two attached hydrogens (primary N) is 1. The zero-order chi connectivity index (χ0) is 13.8. The van der Waals surface area contributed by atoms with Crippen LogP contribution in [-0.2, 0) is 6.61 Å². The summed E-state index contributed by atoms with van der Waals surface area (Å²) in [5.41, 5.74) is 8.84. The largest absolute Gasteiger partial charge is 0.487 e. The van der Waals surface area contributed by atoms with Crippen LogP contribution in [0.15, 0.2) is 40.9 Å². The molecule has 1 heterocycles. The van der Waals surface area contributed by atoms with Crippen LogP contribution < -0.4 is 10.5 Å². The fourth-order valence-electron chi connectivity index (χ4n) is 1.84. The molecule has 0 saturated carbocycles. The molecular weight excluding hydrogens is 304 g/mol. The van der Waals surface area contributed by atoms with Crippen LogP contribution in [0.3, 0.4) is 0 Å². The molecule has 2 rings (SSSR count). The van der Waals surface area contributed by atoms with E-state index in [4.69, 9.17) is 10.5 Å². The smallest absolute Gasteiger partial charge is 0.130 e. The van der Waals surface area contributed by atoms with Gasteiger partial charge in [-0.1, -0.05) is 28.1 Å². The lowest BCUT2D eigenvalue weighted by molar-refractivity contribution is 0.296. The monoisotopic (exact) mass is 320 g/mol. The van der Waals surface area contributed by atoms with Crippen LogP contribution in [-0.4, -0.2) is 4.98 Å². The van der Waals surface area contributed by atoms with Gasteiger partial charge in [0.05, 0.1) is 5.69 Å². The Bertz CT molecular complexity index is 570. The minimum atomic E-state index is -0.0615. The summed E-state index contributed by atoms with van der Waals surface area (Å²) in [5.74, 6) is 0.799. The van der Waals surface area contributed by atoms with E-state index in [2.05, 4.69) is 20.9 Å². The lowest BCUT2D eigenvalue weighted by Gasteiger charge is -2.14. The molecule has 100 valence electrons. The third-order valence-electron chi connectivity index (χ3n) is 2.79. The minimum Gasteiger partial charge on any atom is -0.487 e. The van der Waals surface area contributed by atoms with E-state index in [1.165, 1.54) is 0 Å². The fraction of sp³-hybridized carbons (Fsp3) is 0.267. The van der Waals surface area contributed by atoms with Crippen LogP contribution in [0.1, 0.15) is 29.9 Å². The van der Waals surface area contributed by atoms with Gasteiger partial charge < -0.3 is 10.5 Å². The maximum absolute atomic E-state index is 5.95. The molecule has 0 amide bonds. The zero-order valence-electron chi connectivity index (χ0n) is 11.1. The molecule has 0 aliphatic heterocycles. The maximum atomic E-state index is 5.95. The number of halogens is 1. The number of hydrogen-bond acceptors (Lipinski definition) is 3. The van der Waals surface area contributed by atoms with E-state index >= 15 is 0 Å². The van der Waals surface area contributed by atoms with Gasteiger partial charge in [-0.3, -0.25) is 4.98 Å². The molecule has 3 nitrogen and oxygen atoms in total. The highest BCUT2D eigenvalue weighted by Gasteiger charge is 2.09. The summed E-state index contributed by atoms with van der Waals surface area (Å²) in [7, 11) is 0. The molecule has 2 N–H and O–H groups in total. The summed E-state index contributed by atoms with van der Waals surface area (Å²) in [6.45, 7) is 4.36. The molecule has 0 unspecified atom stereocenters. The summed E-state index contributed by atoms with van der Waals surface area (Å²) in [5, 5.41) is 0. The fourth-order valence-corrected chi connectivity index (χ4v) is 2.18. The minimum absolute atomic E-state index is 0.0615. The van der Waals surface area contributed by atoms with Crippen LogP contribution in [0.25, 0.3) is 0 Å². The maximum Gasteiger partial charge on any atom is 0.130 e. The number of aryl methyl sites for hydroxylation is 1. The van der Waals surface area contributed by atoms with Crippen molar-refractivity contribution >= 4 is 15.9 Å². The molecular formula is C15H17BrN2O. The van der Waals surface area contributed by atoms with E-state index in [1.807, 2.05) is 50.2 Å². The van der Waals surface area contributed by atoms with Gasteiger partial charge in [0, 0.05) is 21.8 Å². The van der Waals surface area contributed by atoms with E-state index in [1.54, 1.807) is 0 Å². The molecule has 2 aromatic rings. The van der Waals surface area contributed by atoms with Crippen molar-refractivity contribution in [2.45, 2.75) is 26.5 Å². The predicted octanol–water partition coefficient (Wildman–Crippen LogP) is 3.75. The Kier molecular flexibility index (Phi) is 4.56. The van der Waals surface area contributed by atoms with E-state index in [0.717, 1.165) is 27.2 Å². The first-order valence-electron chi connectivity index (χ1n) is 6.16. The standard InChI is InChI=1S/C15H17BrN2O/c1-10-4-3-5-13(18-10)9-19-15-8-12(16)6-7-14(15)11(2)17/h3-8,11H,9,17H2,1-2H3/t11-/m1/s1. The SMILES string of the molecule is Cc1cccc(COc2cc(Br)ccc2[C@@H](C)N)n1. The summed E-state index contributed by atoms with van der Waals surface area (Å²) in [6, 6.07) is 11.7. The van der Waals surface area contributed by atoms with Crippen molar-refractivity contribution < 1.29 is 4.74 Å². The molecule has 0 saturated heterocycles. The third kappa shape index (κ3) is 3.78. The predicted molar refractivity (Wildman–Crippen MR) is 80.1 cm³/mol. The van der Waals surface area contributed by atoms with Gasteiger partial charge in [0.1, 0.15) is 12.4 Å². The van der Waals surface area contributed by atoms with Crippen molar-refractivity contribution in [3.63, 3.8) is 0 Å². The highest BCUT2D eigenvalue weighted by atomic mass is 79.9. The van der Waals surface area contributed by atoms with E-state index in [9.17, 15) is 0 Å². The lowest BCUT2D eigenvalue weighted by atomic mass is 10.1. The van der Waals surface area contributed by atoms with Gasteiger partial charge in [0.15, 0.2) is 0 Å². The van der Waals surface area contributed by atoms with Gasteiger partial charge in [-0.2, -0.15) is 0 Å². The molecule has 4 heteroatoms. The molecule has 1 aromatic carbocycles. The molecule has 0 bridgehead atoms. The van der Waals surface area contributed by atoms with Crippen molar-refractivity contribution in [2.24, 2.45) is 5.73 Å². The number of ether oxygens (including phenoxy) is 1. The highest BCUT2D eigenvalue weighted by Crippen LogP contribution is 2.28. The highest BCUT2D eigenvalue weighted by molar-refractivity contribution is 9.10. The van der Waals surface area contributed by atoms with Gasteiger partial charge in [-0.25, -0.2) is 0 Å². The molecule has 19 heavy (non-hydrogen) atoms. The van der Waals surface area contributed by atoms with Crippen LogP contribution >= 0.6 is 15.9 Å². The first-order chi connectivity index (χ1) is 9.06. The number of pyridine rings is 1. The second kappa shape index (κ2) is 6.17. The summed E-state index contributed by atoms with van der Waals surface area (Å²) in [6.07, 6.45) is 0. The molecule has 0 radical (unpaired) electrons. The van der Waals surface area contributed by atoms with Gasteiger partial charge in [0.25, 0.3) is 0 Å².